The molecule has 0 aliphatic carbocycles. The maximum absolute atomic E-state index is 12.4. The lowest BCUT2D eigenvalue weighted by molar-refractivity contribution is 0.102. The Balaban J connectivity index is 1.73. The molecule has 0 amide bonds. The van der Waals surface area contributed by atoms with Crippen LogP contribution in [0.2, 0.25) is 5.02 Å². The van der Waals surface area contributed by atoms with Gasteiger partial charge in [0.25, 0.3) is 0 Å². The molecule has 0 aliphatic rings. The number of halogens is 1. The Morgan fingerprint density at radius 2 is 1.88 bits per heavy atom. The third kappa shape index (κ3) is 3.66. The topological polar surface area (TPSA) is 60.7 Å². The van der Waals surface area contributed by atoms with Gasteiger partial charge in [-0.05, 0) is 65.7 Å². The molecule has 0 aliphatic heterocycles. The molecule has 0 bridgehead atoms. The van der Waals surface area contributed by atoms with E-state index in [2.05, 4.69) is 15.5 Å². The van der Waals surface area contributed by atoms with Crippen molar-refractivity contribution in [2.45, 2.75) is 19.0 Å². The first-order valence-corrected chi connectivity index (χ1v) is 8.68. The number of carbonyl (C=O) groups excluding carboxylic acids is 1. The summed E-state index contributed by atoms with van der Waals surface area (Å²) in [5.41, 5.74) is 3.78. The molecule has 122 valence electrons. The Morgan fingerprint density at radius 3 is 2.58 bits per heavy atom. The highest BCUT2D eigenvalue weighted by atomic mass is 35.5. The van der Waals surface area contributed by atoms with Gasteiger partial charge in [0, 0.05) is 10.6 Å². The van der Waals surface area contributed by atoms with Gasteiger partial charge in [0.15, 0.2) is 5.78 Å². The van der Waals surface area contributed by atoms with Gasteiger partial charge in [-0.15, -0.1) is 5.10 Å². The molecular formula is C17H15ClN4OS. The van der Waals surface area contributed by atoms with Crippen LogP contribution in [-0.4, -0.2) is 31.7 Å². The Morgan fingerprint density at radius 1 is 1.12 bits per heavy atom. The van der Waals surface area contributed by atoms with E-state index in [9.17, 15) is 4.79 Å². The Labute approximate surface area is 149 Å². The van der Waals surface area contributed by atoms with Gasteiger partial charge in [0.05, 0.1) is 11.4 Å². The second-order valence-electron chi connectivity index (χ2n) is 5.36. The summed E-state index contributed by atoms with van der Waals surface area (Å²) in [5, 5.41) is 12.9. The van der Waals surface area contributed by atoms with Gasteiger partial charge in [0.1, 0.15) is 0 Å². The second-order valence-corrected chi connectivity index (χ2v) is 6.74. The Bertz CT molecular complexity index is 877. The van der Waals surface area contributed by atoms with Crippen molar-refractivity contribution in [3.8, 4) is 5.69 Å². The predicted molar refractivity (Wildman–Crippen MR) is 95.1 cm³/mol. The summed E-state index contributed by atoms with van der Waals surface area (Å²) in [4.78, 5) is 12.4. The van der Waals surface area contributed by atoms with Crippen molar-refractivity contribution >= 4 is 29.1 Å². The number of rotatable bonds is 5. The number of ketones is 1. The summed E-state index contributed by atoms with van der Waals surface area (Å²) in [5.74, 6) is 0.324. The van der Waals surface area contributed by atoms with Crippen LogP contribution in [0.3, 0.4) is 0 Å². The van der Waals surface area contributed by atoms with Crippen molar-refractivity contribution in [1.82, 2.24) is 20.2 Å². The molecule has 0 unspecified atom stereocenters. The quantitative estimate of drug-likeness (QED) is 0.511. The number of aromatic nitrogens is 4. The fraction of sp³-hybridized carbons (Fsp3) is 0.176. The van der Waals surface area contributed by atoms with Crippen LogP contribution in [0.1, 0.15) is 21.5 Å². The van der Waals surface area contributed by atoms with E-state index in [0.29, 0.717) is 15.7 Å². The standard InChI is InChI=1S/C17H15ClN4OS/c1-11-3-4-13(9-12(11)2)16(23)10-24-17-19-20-21-22(17)15-7-5-14(18)6-8-15/h3-9H,10H2,1-2H3. The fourth-order valence-corrected chi connectivity index (χ4v) is 3.05. The van der Waals surface area contributed by atoms with Crippen molar-refractivity contribution in [3.63, 3.8) is 0 Å². The minimum atomic E-state index is 0.0498. The third-order valence-corrected chi connectivity index (χ3v) is 4.84. The normalized spacial score (nSPS) is 10.8. The number of nitrogens with zero attached hydrogens (tertiary/aromatic N) is 4. The van der Waals surface area contributed by atoms with Crippen LogP contribution in [0.25, 0.3) is 5.69 Å². The fourth-order valence-electron chi connectivity index (χ4n) is 2.14. The molecule has 0 spiro atoms. The highest BCUT2D eigenvalue weighted by molar-refractivity contribution is 7.99. The van der Waals surface area contributed by atoms with E-state index < -0.39 is 0 Å². The number of benzene rings is 2. The lowest BCUT2D eigenvalue weighted by Crippen LogP contribution is -2.05. The molecule has 0 fully saturated rings. The zero-order valence-electron chi connectivity index (χ0n) is 13.2. The summed E-state index contributed by atoms with van der Waals surface area (Å²) in [6.45, 7) is 4.03. The highest BCUT2D eigenvalue weighted by Crippen LogP contribution is 2.21. The lowest BCUT2D eigenvalue weighted by atomic mass is 10.0. The second kappa shape index (κ2) is 7.15. The van der Waals surface area contributed by atoms with E-state index in [4.69, 9.17) is 11.6 Å². The van der Waals surface area contributed by atoms with E-state index >= 15 is 0 Å². The molecule has 2 aromatic carbocycles. The number of Topliss-reactive ketones (excluding diaryl/α,β-unsaturated/α-hetero) is 1. The van der Waals surface area contributed by atoms with E-state index in [0.717, 1.165) is 11.3 Å². The zero-order valence-corrected chi connectivity index (χ0v) is 14.8. The number of carbonyl (C=O) groups is 1. The Kier molecular flexibility index (Phi) is 4.97. The van der Waals surface area contributed by atoms with Crippen molar-refractivity contribution in [2.24, 2.45) is 0 Å². The first-order chi connectivity index (χ1) is 11.5. The molecule has 0 radical (unpaired) electrons. The molecule has 3 aromatic rings. The number of hydrogen-bond acceptors (Lipinski definition) is 5. The minimum Gasteiger partial charge on any atom is -0.293 e. The van der Waals surface area contributed by atoms with E-state index in [-0.39, 0.29) is 11.5 Å². The average molecular weight is 359 g/mol. The van der Waals surface area contributed by atoms with Crippen molar-refractivity contribution in [3.05, 3.63) is 64.2 Å². The monoisotopic (exact) mass is 358 g/mol. The van der Waals surface area contributed by atoms with Gasteiger partial charge >= 0.3 is 0 Å². The molecule has 0 saturated carbocycles. The number of tetrazole rings is 1. The van der Waals surface area contributed by atoms with Gasteiger partial charge in [-0.25, -0.2) is 0 Å². The largest absolute Gasteiger partial charge is 0.293 e. The summed E-state index contributed by atoms with van der Waals surface area (Å²) >= 11 is 7.21. The van der Waals surface area contributed by atoms with Crippen LogP contribution in [0.4, 0.5) is 0 Å². The molecule has 0 saturated heterocycles. The van der Waals surface area contributed by atoms with Crippen molar-refractivity contribution in [1.29, 1.82) is 0 Å². The molecule has 1 aromatic heterocycles. The van der Waals surface area contributed by atoms with E-state index in [1.807, 2.05) is 44.2 Å². The number of hydrogen-bond donors (Lipinski definition) is 0. The number of aryl methyl sites for hydroxylation is 2. The van der Waals surface area contributed by atoms with Gasteiger partial charge in [-0.2, -0.15) is 4.68 Å². The third-order valence-electron chi connectivity index (χ3n) is 3.67. The highest BCUT2D eigenvalue weighted by Gasteiger charge is 2.13. The Hall–Kier alpha value is -2.18. The molecule has 0 atom stereocenters. The van der Waals surface area contributed by atoms with E-state index in [1.165, 1.54) is 17.3 Å². The zero-order chi connectivity index (χ0) is 17.1. The first-order valence-electron chi connectivity index (χ1n) is 7.32. The van der Waals surface area contributed by atoms with Gasteiger partial charge in [-0.1, -0.05) is 35.5 Å². The maximum Gasteiger partial charge on any atom is 0.214 e. The van der Waals surface area contributed by atoms with Crippen LogP contribution in [0.5, 0.6) is 0 Å². The summed E-state index contributed by atoms with van der Waals surface area (Å²) < 4.78 is 1.59. The molecule has 0 N–H and O–H groups in total. The van der Waals surface area contributed by atoms with Crippen LogP contribution in [0.15, 0.2) is 47.6 Å². The predicted octanol–water partition coefficient (Wildman–Crippen LogP) is 3.91. The number of thioether (sulfide) groups is 1. The summed E-state index contributed by atoms with van der Waals surface area (Å²) in [7, 11) is 0. The summed E-state index contributed by atoms with van der Waals surface area (Å²) in [6.07, 6.45) is 0. The molecule has 1 heterocycles. The van der Waals surface area contributed by atoms with Gasteiger partial charge < -0.3 is 0 Å². The maximum atomic E-state index is 12.4. The summed E-state index contributed by atoms with van der Waals surface area (Å²) in [6, 6.07) is 12.9. The molecule has 7 heteroatoms. The average Bonchev–Trinajstić information content (AvgIpc) is 3.04. The van der Waals surface area contributed by atoms with Crippen LogP contribution >= 0.6 is 23.4 Å². The SMILES string of the molecule is Cc1ccc(C(=O)CSc2nnnn2-c2ccc(Cl)cc2)cc1C. The van der Waals surface area contributed by atoms with E-state index in [1.54, 1.807) is 16.8 Å². The van der Waals surface area contributed by atoms with Crippen LogP contribution in [0, 0.1) is 13.8 Å². The van der Waals surface area contributed by atoms with Crippen molar-refractivity contribution < 1.29 is 4.79 Å². The molecular weight excluding hydrogens is 344 g/mol. The molecule has 3 rings (SSSR count). The van der Waals surface area contributed by atoms with Crippen molar-refractivity contribution in [2.75, 3.05) is 5.75 Å². The van der Waals surface area contributed by atoms with Gasteiger partial charge in [0.2, 0.25) is 5.16 Å². The van der Waals surface area contributed by atoms with Crippen LogP contribution in [-0.2, 0) is 0 Å². The molecule has 5 nitrogen and oxygen atoms in total. The smallest absolute Gasteiger partial charge is 0.214 e. The lowest BCUT2D eigenvalue weighted by Gasteiger charge is -2.06. The van der Waals surface area contributed by atoms with Gasteiger partial charge in [-0.3, -0.25) is 4.79 Å². The molecule has 24 heavy (non-hydrogen) atoms. The van der Waals surface area contributed by atoms with Crippen LogP contribution < -0.4 is 0 Å². The minimum absolute atomic E-state index is 0.0498. The first kappa shape index (κ1) is 16.7.